The van der Waals surface area contributed by atoms with Gasteiger partial charge in [0, 0.05) is 12.6 Å². The number of nitrogens with two attached hydrogens (primary N) is 1. The van der Waals surface area contributed by atoms with Crippen molar-refractivity contribution in [2.75, 3.05) is 19.6 Å². The zero-order valence-electron chi connectivity index (χ0n) is 12.2. The van der Waals surface area contributed by atoms with Crippen LogP contribution in [0.4, 0.5) is 0 Å². The smallest absolute Gasteiger partial charge is 0.239 e. The molecule has 4 heteroatoms. The molecule has 2 unspecified atom stereocenters. The Morgan fingerprint density at radius 2 is 2.17 bits per heavy atom. The van der Waals surface area contributed by atoms with E-state index in [-0.39, 0.29) is 5.91 Å². The molecule has 2 atom stereocenters. The Bertz CT molecular complexity index is 266. The van der Waals surface area contributed by atoms with Gasteiger partial charge in [0.05, 0.1) is 5.54 Å². The highest BCUT2D eigenvalue weighted by Gasteiger charge is 2.28. The van der Waals surface area contributed by atoms with Crippen LogP contribution in [0.5, 0.6) is 0 Å². The summed E-state index contributed by atoms with van der Waals surface area (Å²) < 4.78 is 0. The molecule has 0 aromatic carbocycles. The van der Waals surface area contributed by atoms with Crippen LogP contribution in [0.1, 0.15) is 52.9 Å². The Balaban J connectivity index is 2.41. The van der Waals surface area contributed by atoms with Crippen molar-refractivity contribution in [1.82, 2.24) is 10.2 Å². The third-order valence-electron chi connectivity index (χ3n) is 3.94. The van der Waals surface area contributed by atoms with Crippen molar-refractivity contribution in [3.63, 3.8) is 0 Å². The van der Waals surface area contributed by atoms with Crippen molar-refractivity contribution >= 4 is 5.91 Å². The van der Waals surface area contributed by atoms with Crippen LogP contribution in [0.25, 0.3) is 0 Å². The van der Waals surface area contributed by atoms with E-state index in [1.165, 1.54) is 19.3 Å². The zero-order valence-corrected chi connectivity index (χ0v) is 12.2. The lowest BCUT2D eigenvalue weighted by Gasteiger charge is -2.35. The van der Waals surface area contributed by atoms with Crippen LogP contribution in [0.15, 0.2) is 0 Å². The summed E-state index contributed by atoms with van der Waals surface area (Å²) in [6, 6.07) is 0.491. The molecule has 1 saturated heterocycles. The molecule has 0 aromatic rings. The van der Waals surface area contributed by atoms with E-state index in [0.717, 1.165) is 32.5 Å². The number of piperidine rings is 1. The first-order valence-electron chi connectivity index (χ1n) is 7.32. The maximum absolute atomic E-state index is 12.0. The number of likely N-dealkylation sites (N-methyl/N-ethyl adjacent to an activating group) is 1. The molecule has 4 nitrogen and oxygen atoms in total. The molecule has 1 rings (SSSR count). The lowest BCUT2D eigenvalue weighted by atomic mass is 9.96. The van der Waals surface area contributed by atoms with E-state index in [4.69, 9.17) is 5.73 Å². The van der Waals surface area contributed by atoms with Gasteiger partial charge in [-0.25, -0.2) is 0 Å². The molecule has 18 heavy (non-hydrogen) atoms. The first-order valence-corrected chi connectivity index (χ1v) is 7.32. The summed E-state index contributed by atoms with van der Waals surface area (Å²) in [5, 5.41) is 3.04. The SMILES string of the molecule is CCCC(C)(N)C(=O)NCC1CCCCN1CC. The van der Waals surface area contributed by atoms with E-state index in [0.29, 0.717) is 6.04 Å². The summed E-state index contributed by atoms with van der Waals surface area (Å²) in [5.41, 5.74) is 5.31. The first-order chi connectivity index (χ1) is 8.51. The van der Waals surface area contributed by atoms with Gasteiger partial charge in [0.15, 0.2) is 0 Å². The standard InChI is InChI=1S/C14H29N3O/c1-4-9-14(3,15)13(18)16-11-12-8-6-7-10-17(12)5-2/h12H,4-11,15H2,1-3H3,(H,16,18). The molecular weight excluding hydrogens is 226 g/mol. The fourth-order valence-electron chi connectivity index (χ4n) is 2.75. The van der Waals surface area contributed by atoms with Crippen molar-refractivity contribution in [1.29, 1.82) is 0 Å². The van der Waals surface area contributed by atoms with Gasteiger partial charge in [-0.3, -0.25) is 9.69 Å². The molecule has 1 aliphatic rings. The molecule has 1 amide bonds. The molecule has 0 bridgehead atoms. The third kappa shape index (κ3) is 4.25. The Labute approximate surface area is 111 Å². The van der Waals surface area contributed by atoms with Crippen LogP contribution in [0, 0.1) is 0 Å². The Hall–Kier alpha value is -0.610. The van der Waals surface area contributed by atoms with Crippen molar-refractivity contribution in [3.8, 4) is 0 Å². The van der Waals surface area contributed by atoms with E-state index in [1.54, 1.807) is 0 Å². The largest absolute Gasteiger partial charge is 0.353 e. The van der Waals surface area contributed by atoms with Gasteiger partial charge in [-0.1, -0.05) is 26.7 Å². The molecule has 0 radical (unpaired) electrons. The van der Waals surface area contributed by atoms with Crippen LogP contribution in [0.2, 0.25) is 0 Å². The molecule has 1 aliphatic heterocycles. The van der Waals surface area contributed by atoms with Crippen LogP contribution < -0.4 is 11.1 Å². The van der Waals surface area contributed by atoms with Gasteiger partial charge in [-0.15, -0.1) is 0 Å². The van der Waals surface area contributed by atoms with Crippen molar-refractivity contribution < 1.29 is 4.79 Å². The average Bonchev–Trinajstić information content (AvgIpc) is 2.36. The number of amides is 1. The lowest BCUT2D eigenvalue weighted by Crippen LogP contribution is -2.55. The van der Waals surface area contributed by atoms with Crippen LogP contribution in [-0.4, -0.2) is 42.0 Å². The Morgan fingerprint density at radius 1 is 1.44 bits per heavy atom. The predicted octanol–water partition coefficient (Wildman–Crippen LogP) is 1.49. The second kappa shape index (κ2) is 7.10. The van der Waals surface area contributed by atoms with Crippen LogP contribution >= 0.6 is 0 Å². The zero-order chi connectivity index (χ0) is 13.6. The number of carbonyl (C=O) groups is 1. The van der Waals surface area contributed by atoms with Gasteiger partial charge >= 0.3 is 0 Å². The van der Waals surface area contributed by atoms with E-state index >= 15 is 0 Å². The van der Waals surface area contributed by atoms with Gasteiger partial charge in [-0.2, -0.15) is 0 Å². The highest BCUT2D eigenvalue weighted by atomic mass is 16.2. The lowest BCUT2D eigenvalue weighted by molar-refractivity contribution is -0.126. The van der Waals surface area contributed by atoms with Crippen molar-refractivity contribution in [2.24, 2.45) is 5.73 Å². The second-order valence-electron chi connectivity index (χ2n) is 5.66. The molecule has 0 aromatic heterocycles. The van der Waals surface area contributed by atoms with Gasteiger partial charge in [0.25, 0.3) is 0 Å². The summed E-state index contributed by atoms with van der Waals surface area (Å²) in [4.78, 5) is 14.5. The third-order valence-corrected chi connectivity index (χ3v) is 3.94. The summed E-state index contributed by atoms with van der Waals surface area (Å²) in [5.74, 6) is -0.00836. The fourth-order valence-corrected chi connectivity index (χ4v) is 2.75. The molecule has 3 N–H and O–H groups in total. The van der Waals surface area contributed by atoms with Gasteiger partial charge in [0.1, 0.15) is 0 Å². The number of hydrogen-bond acceptors (Lipinski definition) is 3. The summed E-state index contributed by atoms with van der Waals surface area (Å²) in [6.07, 6.45) is 5.41. The summed E-state index contributed by atoms with van der Waals surface area (Å²) in [7, 11) is 0. The number of rotatable bonds is 6. The van der Waals surface area contributed by atoms with E-state index in [1.807, 2.05) is 6.92 Å². The quantitative estimate of drug-likeness (QED) is 0.756. The summed E-state index contributed by atoms with van der Waals surface area (Å²) >= 11 is 0. The van der Waals surface area contributed by atoms with Gasteiger partial charge in [-0.05, 0) is 39.3 Å². The number of likely N-dealkylation sites (tertiary alicyclic amines) is 1. The maximum atomic E-state index is 12.0. The maximum Gasteiger partial charge on any atom is 0.239 e. The first kappa shape index (κ1) is 15.4. The normalized spacial score (nSPS) is 24.6. The number of carbonyl (C=O) groups excluding carboxylic acids is 1. The van der Waals surface area contributed by atoms with Crippen molar-refractivity contribution in [3.05, 3.63) is 0 Å². The minimum Gasteiger partial charge on any atom is -0.353 e. The van der Waals surface area contributed by atoms with Gasteiger partial charge in [0.2, 0.25) is 5.91 Å². The topological polar surface area (TPSA) is 58.4 Å². The number of nitrogens with zero attached hydrogens (tertiary/aromatic N) is 1. The highest BCUT2D eigenvalue weighted by Crippen LogP contribution is 2.16. The summed E-state index contributed by atoms with van der Waals surface area (Å²) in [6.45, 7) is 9.03. The van der Waals surface area contributed by atoms with Crippen LogP contribution in [-0.2, 0) is 4.79 Å². The minimum atomic E-state index is -0.722. The number of hydrogen-bond donors (Lipinski definition) is 2. The predicted molar refractivity (Wildman–Crippen MR) is 75.4 cm³/mol. The Morgan fingerprint density at radius 3 is 2.78 bits per heavy atom. The van der Waals surface area contributed by atoms with Gasteiger partial charge < -0.3 is 11.1 Å². The molecule has 1 heterocycles. The average molecular weight is 255 g/mol. The molecule has 0 saturated carbocycles. The number of nitrogens with one attached hydrogen (secondary N) is 1. The highest BCUT2D eigenvalue weighted by molar-refractivity contribution is 5.85. The fraction of sp³-hybridized carbons (Fsp3) is 0.929. The monoisotopic (exact) mass is 255 g/mol. The van der Waals surface area contributed by atoms with E-state index in [9.17, 15) is 4.79 Å². The molecule has 0 aliphatic carbocycles. The molecule has 106 valence electrons. The molecule has 0 spiro atoms. The molecular formula is C14H29N3O. The van der Waals surface area contributed by atoms with Crippen LogP contribution in [0.3, 0.4) is 0 Å². The minimum absolute atomic E-state index is 0.00836. The Kier molecular flexibility index (Phi) is 6.09. The second-order valence-corrected chi connectivity index (χ2v) is 5.66. The van der Waals surface area contributed by atoms with E-state index in [2.05, 4.69) is 24.1 Å². The molecule has 1 fully saturated rings. The van der Waals surface area contributed by atoms with Crippen molar-refractivity contribution in [2.45, 2.75) is 64.5 Å². The van der Waals surface area contributed by atoms with E-state index < -0.39 is 5.54 Å².